The van der Waals surface area contributed by atoms with Crippen LogP contribution >= 0.6 is 15.9 Å². The van der Waals surface area contributed by atoms with Crippen molar-refractivity contribution in [2.45, 2.75) is 26.4 Å². The Labute approximate surface area is 104 Å². The van der Waals surface area contributed by atoms with Crippen molar-refractivity contribution in [2.75, 3.05) is 0 Å². The molecule has 0 saturated heterocycles. The third kappa shape index (κ3) is 2.73. The number of aromatic nitrogens is 1. The molecule has 0 aliphatic heterocycles. The third-order valence-electron chi connectivity index (χ3n) is 2.04. The lowest BCUT2D eigenvalue weighted by molar-refractivity contribution is 0.124. The molecule has 0 atom stereocenters. The fraction of sp³-hybridized carbons (Fsp3) is 0.308. The van der Waals surface area contributed by atoms with Crippen LogP contribution in [0.25, 0.3) is 10.9 Å². The Bertz CT molecular complexity index is 517. The fourth-order valence-electron chi connectivity index (χ4n) is 1.45. The van der Waals surface area contributed by atoms with Gasteiger partial charge in [-0.1, -0.05) is 15.9 Å². The summed E-state index contributed by atoms with van der Waals surface area (Å²) in [5.74, 6) is 0.669. The van der Waals surface area contributed by atoms with Gasteiger partial charge < -0.3 is 4.74 Å². The first-order valence-corrected chi connectivity index (χ1v) is 5.99. The zero-order chi connectivity index (χ0) is 11.8. The molecular weight excluding hydrogens is 266 g/mol. The summed E-state index contributed by atoms with van der Waals surface area (Å²) in [6.07, 6.45) is 0. The number of hydrogen-bond acceptors (Lipinski definition) is 2. The number of hydrogen-bond donors (Lipinski definition) is 0. The molecule has 0 fully saturated rings. The van der Waals surface area contributed by atoms with E-state index in [1.807, 2.05) is 51.1 Å². The minimum atomic E-state index is -0.212. The maximum atomic E-state index is 5.72. The monoisotopic (exact) mass is 279 g/mol. The lowest BCUT2D eigenvalue weighted by atomic mass is 10.2. The van der Waals surface area contributed by atoms with Crippen LogP contribution in [0.1, 0.15) is 20.8 Å². The summed E-state index contributed by atoms with van der Waals surface area (Å²) in [5, 5.41) is 1.11. The molecular formula is C13H14BrNO. The Hall–Kier alpha value is -1.09. The molecule has 2 nitrogen and oxygen atoms in total. The summed E-state index contributed by atoms with van der Waals surface area (Å²) in [5.41, 5.74) is 0.737. The highest BCUT2D eigenvalue weighted by Gasteiger charge is 2.12. The van der Waals surface area contributed by atoms with E-state index < -0.39 is 0 Å². The predicted octanol–water partition coefficient (Wildman–Crippen LogP) is 4.17. The smallest absolute Gasteiger partial charge is 0.214 e. The van der Waals surface area contributed by atoms with Crippen molar-refractivity contribution in [3.8, 4) is 5.88 Å². The zero-order valence-corrected chi connectivity index (χ0v) is 11.2. The summed E-state index contributed by atoms with van der Waals surface area (Å²) in [7, 11) is 0. The molecule has 0 amide bonds. The van der Waals surface area contributed by atoms with E-state index in [4.69, 9.17) is 4.74 Å². The van der Waals surface area contributed by atoms with Crippen LogP contribution in [0.2, 0.25) is 0 Å². The van der Waals surface area contributed by atoms with Crippen molar-refractivity contribution in [3.63, 3.8) is 0 Å². The van der Waals surface area contributed by atoms with Crippen LogP contribution in [0.4, 0.5) is 0 Å². The Morgan fingerprint density at radius 3 is 2.56 bits per heavy atom. The van der Waals surface area contributed by atoms with E-state index in [0.717, 1.165) is 15.4 Å². The van der Waals surface area contributed by atoms with Gasteiger partial charge in [0, 0.05) is 15.9 Å². The number of benzene rings is 1. The lowest BCUT2D eigenvalue weighted by Crippen LogP contribution is -2.23. The number of fused-ring (bicyclic) bond motifs is 1. The molecule has 0 saturated carbocycles. The van der Waals surface area contributed by atoms with E-state index in [2.05, 4.69) is 20.9 Å². The van der Waals surface area contributed by atoms with Crippen molar-refractivity contribution >= 4 is 26.8 Å². The number of nitrogens with zero attached hydrogens (tertiary/aromatic N) is 1. The third-order valence-corrected chi connectivity index (χ3v) is 2.53. The van der Waals surface area contributed by atoms with E-state index >= 15 is 0 Å². The lowest BCUT2D eigenvalue weighted by Gasteiger charge is -2.20. The molecule has 0 unspecified atom stereocenters. The van der Waals surface area contributed by atoms with Gasteiger partial charge in [-0.2, -0.15) is 0 Å². The molecule has 1 heterocycles. The first kappa shape index (κ1) is 11.4. The molecule has 0 aliphatic carbocycles. The molecule has 2 rings (SSSR count). The van der Waals surface area contributed by atoms with Crippen molar-refractivity contribution < 1.29 is 4.74 Å². The molecule has 0 bridgehead atoms. The molecule has 0 N–H and O–H groups in total. The standard InChI is InChI=1S/C13H14BrNO/c1-13(2,3)16-12-7-4-9-8-10(14)5-6-11(9)15-12/h4-8H,1-3H3. The normalized spacial score (nSPS) is 11.8. The second kappa shape index (κ2) is 4.06. The molecule has 0 spiro atoms. The summed E-state index contributed by atoms with van der Waals surface area (Å²) < 4.78 is 6.78. The predicted molar refractivity (Wildman–Crippen MR) is 69.8 cm³/mol. The van der Waals surface area contributed by atoms with Crippen molar-refractivity contribution in [1.29, 1.82) is 0 Å². The largest absolute Gasteiger partial charge is 0.472 e. The maximum absolute atomic E-state index is 5.72. The molecule has 0 aliphatic rings. The second-order valence-corrected chi connectivity index (χ2v) is 5.62. The Kier molecular flexibility index (Phi) is 2.89. The van der Waals surface area contributed by atoms with E-state index in [9.17, 15) is 0 Å². The number of halogens is 1. The van der Waals surface area contributed by atoms with Crippen LogP contribution in [0, 0.1) is 0 Å². The number of pyridine rings is 1. The van der Waals surface area contributed by atoms with Gasteiger partial charge >= 0.3 is 0 Å². The summed E-state index contributed by atoms with van der Waals surface area (Å²) in [6.45, 7) is 6.04. The summed E-state index contributed by atoms with van der Waals surface area (Å²) in [4.78, 5) is 4.46. The van der Waals surface area contributed by atoms with Gasteiger partial charge in [0.25, 0.3) is 0 Å². The average molecular weight is 280 g/mol. The van der Waals surface area contributed by atoms with Gasteiger partial charge in [-0.3, -0.25) is 0 Å². The van der Waals surface area contributed by atoms with Gasteiger partial charge in [0.2, 0.25) is 5.88 Å². The maximum Gasteiger partial charge on any atom is 0.214 e. The van der Waals surface area contributed by atoms with E-state index in [0.29, 0.717) is 5.88 Å². The average Bonchev–Trinajstić information content (AvgIpc) is 2.16. The first-order chi connectivity index (χ1) is 7.44. The molecule has 1 aromatic heterocycles. The molecule has 1 aromatic carbocycles. The quantitative estimate of drug-likeness (QED) is 0.782. The van der Waals surface area contributed by atoms with Crippen LogP contribution in [0.15, 0.2) is 34.8 Å². The second-order valence-electron chi connectivity index (χ2n) is 4.70. The number of ether oxygens (including phenoxy) is 1. The van der Waals surface area contributed by atoms with Crippen LogP contribution in [-0.4, -0.2) is 10.6 Å². The minimum absolute atomic E-state index is 0.212. The molecule has 16 heavy (non-hydrogen) atoms. The van der Waals surface area contributed by atoms with Gasteiger partial charge in [-0.25, -0.2) is 4.98 Å². The molecule has 2 aromatic rings. The highest BCUT2D eigenvalue weighted by molar-refractivity contribution is 9.10. The molecule has 84 valence electrons. The van der Waals surface area contributed by atoms with Gasteiger partial charge in [0.1, 0.15) is 5.60 Å². The SMILES string of the molecule is CC(C)(C)Oc1ccc2cc(Br)ccc2n1. The van der Waals surface area contributed by atoms with E-state index in [1.54, 1.807) is 0 Å². The molecule has 0 radical (unpaired) electrons. The fourth-order valence-corrected chi connectivity index (χ4v) is 1.83. The Morgan fingerprint density at radius 1 is 1.12 bits per heavy atom. The highest BCUT2D eigenvalue weighted by atomic mass is 79.9. The van der Waals surface area contributed by atoms with Crippen LogP contribution in [0.3, 0.4) is 0 Å². The van der Waals surface area contributed by atoms with Gasteiger partial charge in [-0.05, 0) is 45.0 Å². The van der Waals surface area contributed by atoms with Crippen molar-refractivity contribution in [1.82, 2.24) is 4.98 Å². The topological polar surface area (TPSA) is 22.1 Å². The van der Waals surface area contributed by atoms with Gasteiger partial charge in [-0.15, -0.1) is 0 Å². The van der Waals surface area contributed by atoms with Crippen LogP contribution in [0.5, 0.6) is 5.88 Å². The van der Waals surface area contributed by atoms with Gasteiger partial charge in [0.15, 0.2) is 0 Å². The molecule has 3 heteroatoms. The van der Waals surface area contributed by atoms with E-state index in [-0.39, 0.29) is 5.60 Å². The van der Waals surface area contributed by atoms with Crippen LogP contribution in [-0.2, 0) is 0 Å². The number of rotatable bonds is 1. The summed E-state index contributed by atoms with van der Waals surface area (Å²) in [6, 6.07) is 9.93. The Morgan fingerprint density at radius 2 is 1.88 bits per heavy atom. The van der Waals surface area contributed by atoms with Gasteiger partial charge in [0.05, 0.1) is 5.52 Å². The highest BCUT2D eigenvalue weighted by Crippen LogP contribution is 2.22. The van der Waals surface area contributed by atoms with E-state index in [1.165, 1.54) is 0 Å². The first-order valence-electron chi connectivity index (χ1n) is 5.19. The van der Waals surface area contributed by atoms with Crippen LogP contribution < -0.4 is 4.74 Å². The minimum Gasteiger partial charge on any atom is -0.472 e. The summed E-state index contributed by atoms with van der Waals surface area (Å²) >= 11 is 3.44. The Balaban J connectivity index is 2.41. The van der Waals surface area contributed by atoms with Crippen molar-refractivity contribution in [2.24, 2.45) is 0 Å². The van der Waals surface area contributed by atoms with Crippen molar-refractivity contribution in [3.05, 3.63) is 34.8 Å². The zero-order valence-electron chi connectivity index (χ0n) is 9.62.